The molecule has 1 saturated carbocycles. The second kappa shape index (κ2) is 9.45. The molecule has 0 saturated heterocycles. The molecular weight excluding hydrogens is 400 g/mol. The molecule has 0 amide bonds. The zero-order valence-corrected chi connectivity index (χ0v) is 19.4. The lowest BCUT2D eigenvalue weighted by Gasteiger charge is -2.30. The van der Waals surface area contributed by atoms with Crippen LogP contribution in [-0.4, -0.2) is 27.6 Å². The van der Waals surface area contributed by atoms with E-state index in [1.54, 1.807) is 14.0 Å². The Morgan fingerprint density at radius 2 is 1.94 bits per heavy atom. The summed E-state index contributed by atoms with van der Waals surface area (Å²) >= 11 is 0. The summed E-state index contributed by atoms with van der Waals surface area (Å²) in [6.45, 7) is 3.83. The summed E-state index contributed by atoms with van der Waals surface area (Å²) in [5.74, 6) is 2.12. The third-order valence-electron chi connectivity index (χ3n) is 6.83. The minimum absolute atomic E-state index is 0.104. The molecule has 0 bridgehead atoms. The molecule has 1 aliphatic carbocycles. The molecule has 1 aromatic heterocycles. The van der Waals surface area contributed by atoms with Gasteiger partial charge in [0.1, 0.15) is 17.4 Å². The largest absolute Gasteiger partial charge is 0.496 e. The number of ether oxygens (including phenoxy) is 1. The van der Waals surface area contributed by atoms with Crippen molar-refractivity contribution in [3.05, 3.63) is 59.4 Å². The molecule has 1 aliphatic rings. The number of hydrogen-bond acceptors (Lipinski definition) is 4. The maximum Gasteiger partial charge on any atom is 0.136 e. The second-order valence-corrected chi connectivity index (χ2v) is 9.31. The molecule has 32 heavy (non-hydrogen) atoms. The van der Waals surface area contributed by atoms with Crippen molar-refractivity contribution in [2.45, 2.75) is 76.9 Å². The highest BCUT2D eigenvalue weighted by atomic mass is 16.5. The molecule has 1 atom stereocenters. The summed E-state index contributed by atoms with van der Waals surface area (Å²) in [5.41, 5.74) is 3.04. The number of aromatic nitrogens is 2. The molecule has 0 spiro atoms. The van der Waals surface area contributed by atoms with Crippen LogP contribution in [0.4, 0.5) is 0 Å². The Bertz CT molecular complexity index is 1080. The van der Waals surface area contributed by atoms with E-state index in [1.165, 1.54) is 24.8 Å². The van der Waals surface area contributed by atoms with E-state index < -0.39 is 5.60 Å². The van der Waals surface area contributed by atoms with Crippen LogP contribution >= 0.6 is 0 Å². The molecule has 2 aromatic carbocycles. The third-order valence-corrected chi connectivity index (χ3v) is 6.83. The van der Waals surface area contributed by atoms with Crippen molar-refractivity contribution in [3.8, 4) is 5.75 Å². The number of ketones is 1. The highest BCUT2D eigenvalue weighted by molar-refractivity contribution is 5.82. The van der Waals surface area contributed by atoms with Gasteiger partial charge in [0.2, 0.25) is 0 Å². The summed E-state index contributed by atoms with van der Waals surface area (Å²) in [7, 11) is 1.71. The van der Waals surface area contributed by atoms with Gasteiger partial charge in [0, 0.05) is 30.9 Å². The third kappa shape index (κ3) is 4.58. The maximum absolute atomic E-state index is 12.5. The number of hydrogen-bond donors (Lipinski definition) is 1. The molecular formula is C27H34N2O3. The van der Waals surface area contributed by atoms with Crippen LogP contribution in [-0.2, 0) is 16.8 Å². The van der Waals surface area contributed by atoms with Crippen LogP contribution in [0.1, 0.15) is 74.9 Å². The summed E-state index contributed by atoms with van der Waals surface area (Å²) in [6, 6.07) is 14.0. The summed E-state index contributed by atoms with van der Waals surface area (Å²) in [5, 5.41) is 10.7. The van der Waals surface area contributed by atoms with Crippen molar-refractivity contribution in [1.29, 1.82) is 0 Å². The number of fused-ring (bicyclic) bond motifs is 1. The van der Waals surface area contributed by atoms with Gasteiger partial charge in [-0.25, -0.2) is 4.98 Å². The van der Waals surface area contributed by atoms with Crippen LogP contribution in [0.25, 0.3) is 11.0 Å². The normalized spacial score (nSPS) is 16.0. The fourth-order valence-corrected chi connectivity index (χ4v) is 4.80. The Morgan fingerprint density at radius 3 is 2.59 bits per heavy atom. The van der Waals surface area contributed by atoms with Crippen LogP contribution in [0.15, 0.2) is 42.5 Å². The van der Waals surface area contributed by atoms with E-state index in [1.807, 2.05) is 36.4 Å². The molecule has 0 radical (unpaired) electrons. The summed E-state index contributed by atoms with van der Waals surface area (Å²) in [4.78, 5) is 17.5. The smallest absolute Gasteiger partial charge is 0.136 e. The predicted molar refractivity (Wildman–Crippen MR) is 127 cm³/mol. The quantitative estimate of drug-likeness (QED) is 0.418. The van der Waals surface area contributed by atoms with Crippen molar-refractivity contribution >= 4 is 16.8 Å². The van der Waals surface area contributed by atoms with Crippen LogP contribution in [0, 0.1) is 6.92 Å². The SMILES string of the molecule is COc1ccc2nc(CCCCC(=O)C[C@@](C)(O)c3ccccc3)n(C3CCC3)c2c1C. The number of carbonyl (C=O) groups excluding carboxylic acids is 1. The average Bonchev–Trinajstić information content (AvgIpc) is 3.09. The Balaban J connectivity index is 1.39. The minimum atomic E-state index is -1.12. The Kier molecular flexibility index (Phi) is 6.66. The number of aliphatic hydroxyl groups is 1. The van der Waals surface area contributed by atoms with Gasteiger partial charge in [0.15, 0.2) is 0 Å². The molecule has 170 valence electrons. The van der Waals surface area contributed by atoms with Gasteiger partial charge in [0.05, 0.1) is 23.7 Å². The first-order valence-corrected chi connectivity index (χ1v) is 11.7. The number of aryl methyl sites for hydroxylation is 2. The Morgan fingerprint density at radius 1 is 1.19 bits per heavy atom. The van der Waals surface area contributed by atoms with Crippen LogP contribution in [0.3, 0.4) is 0 Å². The molecule has 5 heteroatoms. The molecule has 1 N–H and O–H groups in total. The van der Waals surface area contributed by atoms with Crippen molar-refractivity contribution in [2.24, 2.45) is 0 Å². The van der Waals surface area contributed by atoms with E-state index in [-0.39, 0.29) is 12.2 Å². The lowest BCUT2D eigenvalue weighted by molar-refractivity contribution is -0.123. The minimum Gasteiger partial charge on any atom is -0.496 e. The highest BCUT2D eigenvalue weighted by Crippen LogP contribution is 2.38. The molecule has 0 unspecified atom stereocenters. The monoisotopic (exact) mass is 434 g/mol. The van der Waals surface area contributed by atoms with Gasteiger partial charge in [-0.05, 0) is 63.6 Å². The van der Waals surface area contributed by atoms with Crippen LogP contribution in [0.5, 0.6) is 5.75 Å². The van der Waals surface area contributed by atoms with E-state index in [0.29, 0.717) is 12.5 Å². The molecule has 4 rings (SSSR count). The number of benzene rings is 2. The maximum atomic E-state index is 12.5. The molecule has 1 fully saturated rings. The number of methoxy groups -OCH3 is 1. The topological polar surface area (TPSA) is 64.3 Å². The number of rotatable bonds is 10. The first kappa shape index (κ1) is 22.5. The lowest BCUT2D eigenvalue weighted by Crippen LogP contribution is -2.25. The van der Waals surface area contributed by atoms with Crippen LogP contribution in [0.2, 0.25) is 0 Å². The van der Waals surface area contributed by atoms with E-state index >= 15 is 0 Å². The van der Waals surface area contributed by atoms with Gasteiger partial charge in [-0.1, -0.05) is 30.3 Å². The number of unbranched alkanes of at least 4 members (excludes halogenated alkanes) is 1. The van der Waals surface area contributed by atoms with Crippen molar-refractivity contribution in [1.82, 2.24) is 9.55 Å². The molecule has 5 nitrogen and oxygen atoms in total. The van der Waals surface area contributed by atoms with E-state index in [2.05, 4.69) is 17.6 Å². The lowest BCUT2D eigenvalue weighted by atomic mass is 9.89. The summed E-state index contributed by atoms with van der Waals surface area (Å²) in [6.07, 6.45) is 6.86. The standard InChI is InChI=1S/C27H34N2O3/c1-19-24(32-3)17-16-23-26(19)29(21-12-9-13-21)25(28-23)15-8-7-14-22(30)18-27(2,31)20-10-5-4-6-11-20/h4-6,10-11,16-17,21,31H,7-9,12-15,18H2,1-3H3/t27-/m1/s1. The zero-order chi connectivity index (χ0) is 22.7. The fourth-order valence-electron chi connectivity index (χ4n) is 4.80. The number of imidazole rings is 1. The van der Waals surface area contributed by atoms with E-state index in [9.17, 15) is 9.90 Å². The Hall–Kier alpha value is -2.66. The average molecular weight is 435 g/mol. The number of Topliss-reactive ketones (excluding diaryl/α,β-unsaturated/α-hetero) is 1. The van der Waals surface area contributed by atoms with Gasteiger partial charge >= 0.3 is 0 Å². The van der Waals surface area contributed by atoms with Gasteiger partial charge in [-0.15, -0.1) is 0 Å². The van der Waals surface area contributed by atoms with E-state index in [0.717, 1.165) is 47.5 Å². The van der Waals surface area contributed by atoms with Gasteiger partial charge in [0.25, 0.3) is 0 Å². The van der Waals surface area contributed by atoms with Gasteiger partial charge < -0.3 is 14.4 Å². The highest BCUT2D eigenvalue weighted by Gasteiger charge is 2.27. The van der Waals surface area contributed by atoms with Crippen LogP contribution < -0.4 is 4.74 Å². The molecule has 1 heterocycles. The first-order valence-electron chi connectivity index (χ1n) is 11.7. The number of nitrogens with zero attached hydrogens (tertiary/aromatic N) is 2. The van der Waals surface area contributed by atoms with Gasteiger partial charge in [-0.3, -0.25) is 4.79 Å². The zero-order valence-electron chi connectivity index (χ0n) is 19.4. The van der Waals surface area contributed by atoms with E-state index in [4.69, 9.17) is 9.72 Å². The fraction of sp³-hybridized carbons (Fsp3) is 0.481. The van der Waals surface area contributed by atoms with Crippen molar-refractivity contribution in [2.75, 3.05) is 7.11 Å². The molecule has 0 aliphatic heterocycles. The van der Waals surface area contributed by atoms with Crippen molar-refractivity contribution in [3.63, 3.8) is 0 Å². The second-order valence-electron chi connectivity index (χ2n) is 9.31. The predicted octanol–water partition coefficient (Wildman–Crippen LogP) is 5.66. The summed E-state index contributed by atoms with van der Waals surface area (Å²) < 4.78 is 7.98. The first-order chi connectivity index (χ1) is 15.4. The van der Waals surface area contributed by atoms with Crippen molar-refractivity contribution < 1.29 is 14.6 Å². The molecule has 3 aromatic rings. The Labute approximate surface area is 190 Å². The number of carbonyl (C=O) groups is 1. The van der Waals surface area contributed by atoms with Gasteiger partial charge in [-0.2, -0.15) is 0 Å².